The molecule has 4 nitrogen and oxygen atoms in total. The largest absolute Gasteiger partial charge is 0.371 e. The highest BCUT2D eigenvalue weighted by Gasteiger charge is 2.23. The van der Waals surface area contributed by atoms with Crippen LogP contribution in [0.2, 0.25) is 0 Å². The summed E-state index contributed by atoms with van der Waals surface area (Å²) in [5, 5.41) is 6.19. The van der Waals surface area contributed by atoms with Crippen molar-refractivity contribution in [3.8, 4) is 0 Å². The van der Waals surface area contributed by atoms with Crippen LogP contribution in [-0.4, -0.2) is 25.5 Å². The highest BCUT2D eigenvalue weighted by atomic mass is 19.2. The number of rotatable bonds is 6. The molecule has 6 heteroatoms. The van der Waals surface area contributed by atoms with Gasteiger partial charge in [0.1, 0.15) is 0 Å². The van der Waals surface area contributed by atoms with Gasteiger partial charge >= 0.3 is 0 Å². The molecule has 1 aliphatic rings. The van der Waals surface area contributed by atoms with Gasteiger partial charge < -0.3 is 15.5 Å². The summed E-state index contributed by atoms with van der Waals surface area (Å²) in [7, 11) is 0. The number of hydrogen-bond donors (Lipinski definition) is 2. The topological polar surface area (TPSA) is 44.4 Å². The van der Waals surface area contributed by atoms with Crippen molar-refractivity contribution in [3.63, 3.8) is 0 Å². The van der Waals surface area contributed by atoms with Crippen LogP contribution in [0, 0.1) is 17.6 Å². The van der Waals surface area contributed by atoms with Crippen LogP contribution in [-0.2, 0) is 11.3 Å². The van der Waals surface area contributed by atoms with Gasteiger partial charge in [0.2, 0.25) is 5.91 Å². The molecule has 0 aromatic heterocycles. The SMILES string of the molecule is CC(=O)Nc1ccc(CNCC2CCN(c3ccc(F)c(F)c3)C2)cc1. The van der Waals surface area contributed by atoms with Gasteiger partial charge in [0.25, 0.3) is 0 Å². The third-order valence-electron chi connectivity index (χ3n) is 4.59. The number of carbonyl (C=O) groups is 1. The van der Waals surface area contributed by atoms with E-state index in [9.17, 15) is 13.6 Å². The first-order valence-electron chi connectivity index (χ1n) is 8.78. The number of carbonyl (C=O) groups excluding carboxylic acids is 1. The highest BCUT2D eigenvalue weighted by molar-refractivity contribution is 5.88. The number of benzene rings is 2. The number of hydrogen-bond acceptors (Lipinski definition) is 3. The molecule has 1 aliphatic heterocycles. The maximum Gasteiger partial charge on any atom is 0.221 e. The number of anilines is 2. The first-order chi connectivity index (χ1) is 12.5. The van der Waals surface area contributed by atoms with Crippen molar-refractivity contribution in [1.29, 1.82) is 0 Å². The molecule has 2 aromatic rings. The predicted molar refractivity (Wildman–Crippen MR) is 99.1 cm³/mol. The Bertz CT molecular complexity index is 764. The minimum absolute atomic E-state index is 0.0808. The zero-order valence-electron chi connectivity index (χ0n) is 14.8. The van der Waals surface area contributed by atoms with E-state index in [1.165, 1.54) is 19.1 Å². The van der Waals surface area contributed by atoms with Crippen LogP contribution in [0.5, 0.6) is 0 Å². The molecule has 1 unspecified atom stereocenters. The minimum Gasteiger partial charge on any atom is -0.371 e. The Morgan fingerprint density at radius 3 is 2.62 bits per heavy atom. The van der Waals surface area contributed by atoms with Gasteiger partial charge in [-0.1, -0.05) is 12.1 Å². The average Bonchev–Trinajstić information content (AvgIpc) is 3.07. The van der Waals surface area contributed by atoms with Crippen LogP contribution in [0.1, 0.15) is 18.9 Å². The molecule has 0 bridgehead atoms. The van der Waals surface area contributed by atoms with Crippen molar-refractivity contribution in [2.24, 2.45) is 5.92 Å². The molecule has 0 radical (unpaired) electrons. The summed E-state index contributed by atoms with van der Waals surface area (Å²) >= 11 is 0. The maximum absolute atomic E-state index is 13.4. The second kappa shape index (κ2) is 8.27. The monoisotopic (exact) mass is 359 g/mol. The molecule has 2 N–H and O–H groups in total. The highest BCUT2D eigenvalue weighted by Crippen LogP contribution is 2.25. The molecule has 1 amide bonds. The zero-order valence-corrected chi connectivity index (χ0v) is 14.8. The second-order valence-corrected chi connectivity index (χ2v) is 6.71. The van der Waals surface area contributed by atoms with Gasteiger partial charge in [-0.25, -0.2) is 8.78 Å². The first kappa shape index (κ1) is 18.3. The van der Waals surface area contributed by atoms with Gasteiger partial charge in [-0.3, -0.25) is 4.79 Å². The smallest absolute Gasteiger partial charge is 0.221 e. The lowest BCUT2D eigenvalue weighted by Gasteiger charge is -2.19. The molecule has 0 spiro atoms. The van der Waals surface area contributed by atoms with Gasteiger partial charge in [0.15, 0.2) is 11.6 Å². The van der Waals surface area contributed by atoms with Crippen LogP contribution in [0.4, 0.5) is 20.2 Å². The summed E-state index contributed by atoms with van der Waals surface area (Å²) in [6.07, 6.45) is 1.02. The molecule has 3 rings (SSSR count). The first-order valence-corrected chi connectivity index (χ1v) is 8.78. The molecular weight excluding hydrogens is 336 g/mol. The Morgan fingerprint density at radius 1 is 1.15 bits per heavy atom. The fourth-order valence-corrected chi connectivity index (χ4v) is 3.25. The summed E-state index contributed by atoms with van der Waals surface area (Å²) in [5.74, 6) is -1.22. The Kier molecular flexibility index (Phi) is 5.83. The standard InChI is InChI=1S/C20H23F2N3O/c1-14(26)24-17-4-2-15(3-5-17)11-23-12-16-8-9-25(13-16)18-6-7-19(21)20(22)10-18/h2-7,10,16,23H,8-9,11-13H2,1H3,(H,24,26). The van der Waals surface area contributed by atoms with Crippen LogP contribution in [0.3, 0.4) is 0 Å². The average molecular weight is 359 g/mol. The summed E-state index contributed by atoms with van der Waals surface area (Å²) < 4.78 is 26.4. The van der Waals surface area contributed by atoms with E-state index in [-0.39, 0.29) is 5.91 Å². The van der Waals surface area contributed by atoms with E-state index < -0.39 is 11.6 Å². The number of nitrogens with zero attached hydrogens (tertiary/aromatic N) is 1. The minimum atomic E-state index is -0.810. The van der Waals surface area contributed by atoms with Crippen molar-refractivity contribution >= 4 is 17.3 Å². The third kappa shape index (κ3) is 4.79. The fraction of sp³-hybridized carbons (Fsp3) is 0.350. The Hall–Kier alpha value is -2.47. The Balaban J connectivity index is 1.44. The van der Waals surface area contributed by atoms with Gasteiger partial charge in [0, 0.05) is 50.5 Å². The van der Waals surface area contributed by atoms with Crippen molar-refractivity contribution in [1.82, 2.24) is 5.32 Å². The van der Waals surface area contributed by atoms with Gasteiger partial charge in [0.05, 0.1) is 0 Å². The quantitative estimate of drug-likeness (QED) is 0.829. The molecule has 0 saturated carbocycles. The van der Waals surface area contributed by atoms with Gasteiger partial charge in [-0.15, -0.1) is 0 Å². The summed E-state index contributed by atoms with van der Waals surface area (Å²) in [6.45, 7) is 4.79. The van der Waals surface area contributed by atoms with E-state index in [4.69, 9.17) is 0 Å². The second-order valence-electron chi connectivity index (χ2n) is 6.71. The van der Waals surface area contributed by atoms with Crippen molar-refractivity contribution in [2.45, 2.75) is 19.9 Å². The number of nitrogens with one attached hydrogen (secondary N) is 2. The van der Waals surface area contributed by atoms with E-state index in [1.54, 1.807) is 6.07 Å². The molecule has 1 atom stereocenters. The molecule has 138 valence electrons. The van der Waals surface area contributed by atoms with Gasteiger partial charge in [-0.05, 0) is 42.2 Å². The lowest BCUT2D eigenvalue weighted by molar-refractivity contribution is -0.114. The molecule has 26 heavy (non-hydrogen) atoms. The number of amides is 1. The van der Waals surface area contributed by atoms with Crippen LogP contribution < -0.4 is 15.5 Å². The zero-order chi connectivity index (χ0) is 18.5. The lowest BCUT2D eigenvalue weighted by Crippen LogP contribution is -2.26. The summed E-state index contributed by atoms with van der Waals surface area (Å²) in [5.41, 5.74) is 2.67. The van der Waals surface area contributed by atoms with E-state index in [0.29, 0.717) is 5.92 Å². The predicted octanol–water partition coefficient (Wildman–Crippen LogP) is 3.54. The van der Waals surface area contributed by atoms with E-state index >= 15 is 0 Å². The van der Waals surface area contributed by atoms with Crippen molar-refractivity contribution in [2.75, 3.05) is 29.9 Å². The molecule has 1 heterocycles. The third-order valence-corrected chi connectivity index (χ3v) is 4.59. The van der Waals surface area contributed by atoms with Crippen molar-refractivity contribution < 1.29 is 13.6 Å². The van der Waals surface area contributed by atoms with E-state index in [0.717, 1.165) is 49.5 Å². The molecular formula is C20H23F2N3O. The molecule has 2 aromatic carbocycles. The molecule has 1 fully saturated rings. The Morgan fingerprint density at radius 2 is 1.92 bits per heavy atom. The molecule has 1 saturated heterocycles. The number of halogens is 2. The van der Waals surface area contributed by atoms with E-state index in [1.807, 2.05) is 24.3 Å². The van der Waals surface area contributed by atoms with Crippen LogP contribution in [0.15, 0.2) is 42.5 Å². The fourth-order valence-electron chi connectivity index (χ4n) is 3.25. The maximum atomic E-state index is 13.4. The van der Waals surface area contributed by atoms with Crippen LogP contribution in [0.25, 0.3) is 0 Å². The molecule has 0 aliphatic carbocycles. The summed E-state index contributed by atoms with van der Waals surface area (Å²) in [4.78, 5) is 13.1. The van der Waals surface area contributed by atoms with Gasteiger partial charge in [-0.2, -0.15) is 0 Å². The Labute approximate surface area is 152 Å². The van der Waals surface area contributed by atoms with Crippen LogP contribution >= 0.6 is 0 Å². The summed E-state index contributed by atoms with van der Waals surface area (Å²) in [6, 6.07) is 11.8. The lowest BCUT2D eigenvalue weighted by atomic mass is 10.1. The van der Waals surface area contributed by atoms with Crippen molar-refractivity contribution in [3.05, 3.63) is 59.7 Å². The van der Waals surface area contributed by atoms with E-state index in [2.05, 4.69) is 15.5 Å². The normalized spacial score (nSPS) is 16.7.